The predicted molar refractivity (Wildman–Crippen MR) is 79.5 cm³/mol. The molecule has 0 fully saturated rings. The number of rotatable bonds is 5. The Hall–Kier alpha value is -2.10. The molecule has 1 N–H and O–H groups in total. The molecule has 0 amide bonds. The number of aromatic nitrogens is 1. The van der Waals surface area contributed by atoms with Crippen LogP contribution in [0.2, 0.25) is 0 Å². The molecule has 1 aromatic carbocycles. The maximum absolute atomic E-state index is 13.4. The van der Waals surface area contributed by atoms with Gasteiger partial charge in [0.15, 0.2) is 0 Å². The van der Waals surface area contributed by atoms with Gasteiger partial charge in [0.1, 0.15) is 5.82 Å². The summed E-state index contributed by atoms with van der Waals surface area (Å²) in [5.41, 5.74) is 2.38. The molecule has 1 heterocycles. The van der Waals surface area contributed by atoms with Crippen molar-refractivity contribution in [3.8, 4) is 0 Å². The zero-order valence-electron chi connectivity index (χ0n) is 11.8. The standard InChI is InChI=1S/C16H19FN2O/c1-3-8-19-11-14(6-7-16(19)20)18-10-13-5-4-12(2)15(17)9-13/h4-7,9,11,18H,3,8,10H2,1-2H3. The van der Waals surface area contributed by atoms with E-state index in [0.29, 0.717) is 18.7 Å². The summed E-state index contributed by atoms with van der Waals surface area (Å²) in [5.74, 6) is -0.194. The topological polar surface area (TPSA) is 34.0 Å². The fourth-order valence-corrected chi connectivity index (χ4v) is 2.00. The highest BCUT2D eigenvalue weighted by Crippen LogP contribution is 2.11. The Morgan fingerprint density at radius 2 is 2.05 bits per heavy atom. The van der Waals surface area contributed by atoms with Crippen molar-refractivity contribution >= 4 is 5.69 Å². The molecular formula is C16H19FN2O. The average Bonchev–Trinajstić information content (AvgIpc) is 2.43. The van der Waals surface area contributed by atoms with Gasteiger partial charge in [0.25, 0.3) is 5.56 Å². The smallest absolute Gasteiger partial charge is 0.250 e. The molecule has 0 unspecified atom stereocenters. The van der Waals surface area contributed by atoms with Crippen molar-refractivity contribution in [3.05, 3.63) is 63.8 Å². The Kier molecular flexibility index (Phi) is 4.56. The average molecular weight is 274 g/mol. The molecule has 106 valence electrons. The lowest BCUT2D eigenvalue weighted by Crippen LogP contribution is -2.18. The summed E-state index contributed by atoms with van der Waals surface area (Å²) in [4.78, 5) is 11.6. The van der Waals surface area contributed by atoms with Crippen LogP contribution in [0.4, 0.5) is 10.1 Å². The summed E-state index contributed by atoms with van der Waals surface area (Å²) in [6, 6.07) is 8.50. The maximum atomic E-state index is 13.4. The van der Waals surface area contributed by atoms with Crippen LogP contribution in [0.1, 0.15) is 24.5 Å². The molecule has 2 rings (SSSR count). The minimum atomic E-state index is -0.194. The van der Waals surface area contributed by atoms with Gasteiger partial charge in [0, 0.05) is 25.4 Å². The highest BCUT2D eigenvalue weighted by molar-refractivity contribution is 5.41. The van der Waals surface area contributed by atoms with E-state index in [1.54, 1.807) is 35.9 Å². The second kappa shape index (κ2) is 6.37. The summed E-state index contributed by atoms with van der Waals surface area (Å²) in [6.07, 6.45) is 2.71. The lowest BCUT2D eigenvalue weighted by molar-refractivity contribution is 0.616. The van der Waals surface area contributed by atoms with Gasteiger partial charge in [-0.1, -0.05) is 19.1 Å². The van der Waals surface area contributed by atoms with Crippen molar-refractivity contribution in [2.45, 2.75) is 33.4 Å². The molecule has 0 saturated heterocycles. The molecule has 2 aromatic rings. The van der Waals surface area contributed by atoms with E-state index in [9.17, 15) is 9.18 Å². The summed E-state index contributed by atoms with van der Waals surface area (Å²) in [7, 11) is 0. The number of hydrogen-bond donors (Lipinski definition) is 1. The zero-order chi connectivity index (χ0) is 14.5. The van der Waals surface area contributed by atoms with Crippen LogP contribution in [0.15, 0.2) is 41.3 Å². The van der Waals surface area contributed by atoms with Crippen molar-refractivity contribution < 1.29 is 4.39 Å². The van der Waals surface area contributed by atoms with Gasteiger partial charge in [-0.25, -0.2) is 4.39 Å². The Labute approximate surface area is 118 Å². The summed E-state index contributed by atoms with van der Waals surface area (Å²) in [5, 5.41) is 3.21. The number of pyridine rings is 1. The normalized spacial score (nSPS) is 10.6. The van der Waals surface area contributed by atoms with E-state index in [-0.39, 0.29) is 11.4 Å². The third-order valence-corrected chi connectivity index (χ3v) is 3.18. The van der Waals surface area contributed by atoms with E-state index in [0.717, 1.165) is 17.7 Å². The van der Waals surface area contributed by atoms with Crippen LogP contribution in [-0.4, -0.2) is 4.57 Å². The third kappa shape index (κ3) is 3.47. The first-order valence-electron chi connectivity index (χ1n) is 6.79. The fourth-order valence-electron chi connectivity index (χ4n) is 2.00. The lowest BCUT2D eigenvalue weighted by Gasteiger charge is -2.10. The molecule has 0 aliphatic rings. The molecule has 0 atom stereocenters. The van der Waals surface area contributed by atoms with Crippen LogP contribution in [-0.2, 0) is 13.1 Å². The minimum absolute atomic E-state index is 0.00113. The van der Waals surface area contributed by atoms with Crippen LogP contribution >= 0.6 is 0 Å². The molecule has 0 bridgehead atoms. The van der Waals surface area contributed by atoms with Gasteiger partial charge in [0.05, 0.1) is 5.69 Å². The van der Waals surface area contributed by atoms with Gasteiger partial charge in [-0.15, -0.1) is 0 Å². The molecule has 0 aliphatic carbocycles. The van der Waals surface area contributed by atoms with Crippen molar-refractivity contribution in [2.75, 3.05) is 5.32 Å². The number of nitrogens with one attached hydrogen (secondary N) is 1. The molecule has 20 heavy (non-hydrogen) atoms. The van der Waals surface area contributed by atoms with E-state index in [1.165, 1.54) is 6.07 Å². The fraction of sp³-hybridized carbons (Fsp3) is 0.312. The second-order valence-electron chi connectivity index (χ2n) is 4.89. The first-order valence-corrected chi connectivity index (χ1v) is 6.79. The highest BCUT2D eigenvalue weighted by Gasteiger charge is 2.01. The van der Waals surface area contributed by atoms with Crippen LogP contribution in [0, 0.1) is 12.7 Å². The summed E-state index contributed by atoms with van der Waals surface area (Å²) >= 11 is 0. The van der Waals surface area contributed by atoms with Gasteiger partial charge in [-0.3, -0.25) is 4.79 Å². The summed E-state index contributed by atoms with van der Waals surface area (Å²) in [6.45, 7) is 5.00. The largest absolute Gasteiger partial charge is 0.380 e. The lowest BCUT2D eigenvalue weighted by atomic mass is 10.1. The molecule has 0 spiro atoms. The number of halogens is 1. The van der Waals surface area contributed by atoms with E-state index in [2.05, 4.69) is 5.32 Å². The molecular weight excluding hydrogens is 255 g/mol. The molecule has 1 aromatic heterocycles. The summed E-state index contributed by atoms with van der Waals surface area (Å²) < 4.78 is 15.1. The molecule has 0 saturated carbocycles. The number of benzene rings is 1. The number of nitrogens with zero attached hydrogens (tertiary/aromatic N) is 1. The van der Waals surface area contributed by atoms with Gasteiger partial charge in [-0.2, -0.15) is 0 Å². The molecule has 0 aliphatic heterocycles. The molecule has 4 heteroatoms. The van der Waals surface area contributed by atoms with Crippen LogP contribution in [0.3, 0.4) is 0 Å². The predicted octanol–water partition coefficient (Wildman–Crippen LogP) is 3.32. The van der Waals surface area contributed by atoms with Crippen molar-refractivity contribution in [1.82, 2.24) is 4.57 Å². The van der Waals surface area contributed by atoms with Gasteiger partial charge < -0.3 is 9.88 Å². The Morgan fingerprint density at radius 1 is 1.25 bits per heavy atom. The maximum Gasteiger partial charge on any atom is 0.250 e. The van der Waals surface area contributed by atoms with Crippen molar-refractivity contribution in [2.24, 2.45) is 0 Å². The monoisotopic (exact) mass is 274 g/mol. The SMILES string of the molecule is CCCn1cc(NCc2ccc(C)c(F)c2)ccc1=O. The van der Waals surface area contributed by atoms with Crippen LogP contribution in [0.25, 0.3) is 0 Å². The quantitative estimate of drug-likeness (QED) is 0.907. The van der Waals surface area contributed by atoms with E-state index in [4.69, 9.17) is 0 Å². The minimum Gasteiger partial charge on any atom is -0.380 e. The number of aryl methyl sites for hydroxylation is 2. The Bertz CT molecular complexity index is 649. The molecule has 0 radical (unpaired) electrons. The zero-order valence-corrected chi connectivity index (χ0v) is 11.8. The van der Waals surface area contributed by atoms with Crippen molar-refractivity contribution in [1.29, 1.82) is 0 Å². The van der Waals surface area contributed by atoms with Crippen LogP contribution in [0.5, 0.6) is 0 Å². The number of anilines is 1. The van der Waals surface area contributed by atoms with Gasteiger partial charge in [0.2, 0.25) is 0 Å². The van der Waals surface area contributed by atoms with Gasteiger partial charge >= 0.3 is 0 Å². The van der Waals surface area contributed by atoms with Gasteiger partial charge in [-0.05, 0) is 36.6 Å². The second-order valence-corrected chi connectivity index (χ2v) is 4.89. The third-order valence-electron chi connectivity index (χ3n) is 3.18. The van der Waals surface area contributed by atoms with E-state index >= 15 is 0 Å². The number of hydrogen-bond acceptors (Lipinski definition) is 2. The van der Waals surface area contributed by atoms with Crippen LogP contribution < -0.4 is 10.9 Å². The van der Waals surface area contributed by atoms with E-state index < -0.39 is 0 Å². The van der Waals surface area contributed by atoms with E-state index in [1.807, 2.05) is 13.0 Å². The highest BCUT2D eigenvalue weighted by atomic mass is 19.1. The Morgan fingerprint density at radius 3 is 2.75 bits per heavy atom. The first-order chi connectivity index (χ1) is 9.60. The molecule has 3 nitrogen and oxygen atoms in total. The first kappa shape index (κ1) is 14.3. The van der Waals surface area contributed by atoms with Crippen molar-refractivity contribution in [3.63, 3.8) is 0 Å². The Balaban J connectivity index is 2.08.